The van der Waals surface area contributed by atoms with Crippen LogP contribution in [0, 0.1) is 0 Å². The molecule has 8 nitrogen and oxygen atoms in total. The molecule has 0 saturated heterocycles. The van der Waals surface area contributed by atoms with Gasteiger partial charge in [0.25, 0.3) is 5.91 Å². The maximum absolute atomic E-state index is 13.2. The Morgan fingerprint density at radius 3 is 2.32 bits per heavy atom. The van der Waals surface area contributed by atoms with Gasteiger partial charge in [-0.05, 0) is 62.2 Å². The van der Waals surface area contributed by atoms with Crippen molar-refractivity contribution in [2.75, 3.05) is 5.32 Å². The van der Waals surface area contributed by atoms with E-state index < -0.39 is 17.5 Å². The number of esters is 1. The number of amides is 1. The fourth-order valence-electron chi connectivity index (χ4n) is 3.31. The molecule has 0 aliphatic rings. The number of aromatic nitrogens is 2. The number of nitrogens with one attached hydrogen (secondary N) is 1. The third kappa shape index (κ3) is 5.12. The predicted molar refractivity (Wildman–Crippen MR) is 126 cm³/mol. The maximum Gasteiger partial charge on any atom is 0.340 e. The maximum atomic E-state index is 13.2. The number of aromatic hydroxyl groups is 1. The van der Waals surface area contributed by atoms with Crippen LogP contribution in [0.4, 0.5) is 5.69 Å². The number of benzene rings is 3. The summed E-state index contributed by atoms with van der Waals surface area (Å²) in [5.41, 5.74) is 1.88. The number of ether oxygens (including phenoxy) is 1. The molecular formula is C26H23N3O5. The van der Waals surface area contributed by atoms with Crippen LogP contribution in [0.2, 0.25) is 0 Å². The summed E-state index contributed by atoms with van der Waals surface area (Å²) in [6.45, 7) is 5.30. The molecule has 0 aliphatic heterocycles. The monoisotopic (exact) mass is 457 g/mol. The first kappa shape index (κ1) is 22.7. The minimum atomic E-state index is -0.715. The van der Waals surface area contributed by atoms with Gasteiger partial charge < -0.3 is 19.6 Å². The van der Waals surface area contributed by atoms with Crippen LogP contribution in [-0.4, -0.2) is 32.8 Å². The normalized spacial score (nSPS) is 11.1. The van der Waals surface area contributed by atoms with Gasteiger partial charge >= 0.3 is 5.97 Å². The van der Waals surface area contributed by atoms with E-state index in [-0.39, 0.29) is 28.5 Å². The van der Waals surface area contributed by atoms with Gasteiger partial charge in [0.2, 0.25) is 12.3 Å². The highest BCUT2D eigenvalue weighted by atomic mass is 16.6. The topological polar surface area (TPSA) is 115 Å². The van der Waals surface area contributed by atoms with Gasteiger partial charge in [-0.25, -0.2) is 4.79 Å². The molecule has 1 aromatic heterocycles. The highest BCUT2D eigenvalue weighted by Crippen LogP contribution is 2.30. The van der Waals surface area contributed by atoms with Crippen molar-refractivity contribution < 1.29 is 23.8 Å². The first-order valence-corrected chi connectivity index (χ1v) is 10.5. The molecule has 4 aromatic rings. The standard InChI is InChI=1S/C26H23N3O5/c1-26(2,3)34-25(32)19-11-9-17(16-7-5-4-6-8-16)14-21(19)28-23(31)20-13-18(10-12-22(20)30)24-29-27-15-33-24/h4-15,30H,1-3H3,(H,28,31). The largest absolute Gasteiger partial charge is 0.507 e. The molecule has 172 valence electrons. The Morgan fingerprint density at radius 1 is 0.912 bits per heavy atom. The number of nitrogens with zero attached hydrogens (tertiary/aromatic N) is 2. The number of phenols is 1. The van der Waals surface area contributed by atoms with Crippen molar-refractivity contribution >= 4 is 17.6 Å². The van der Waals surface area contributed by atoms with E-state index in [0.717, 1.165) is 11.1 Å². The van der Waals surface area contributed by atoms with Crippen LogP contribution >= 0.6 is 0 Å². The lowest BCUT2D eigenvalue weighted by atomic mass is 10.0. The van der Waals surface area contributed by atoms with Gasteiger partial charge in [0.15, 0.2) is 0 Å². The van der Waals surface area contributed by atoms with E-state index in [9.17, 15) is 14.7 Å². The van der Waals surface area contributed by atoms with Crippen LogP contribution in [0.15, 0.2) is 77.5 Å². The van der Waals surface area contributed by atoms with Crippen LogP contribution in [0.5, 0.6) is 5.75 Å². The lowest BCUT2D eigenvalue weighted by Gasteiger charge is -2.21. The van der Waals surface area contributed by atoms with Gasteiger partial charge in [0.05, 0.1) is 16.8 Å². The number of phenolic OH excluding ortho intramolecular Hbond substituents is 1. The van der Waals surface area contributed by atoms with Gasteiger partial charge in [-0.15, -0.1) is 10.2 Å². The van der Waals surface area contributed by atoms with Gasteiger partial charge in [-0.2, -0.15) is 0 Å². The number of carbonyl (C=O) groups is 2. The fraction of sp³-hybridized carbons (Fsp3) is 0.154. The molecule has 0 saturated carbocycles. The van der Waals surface area contributed by atoms with E-state index in [1.165, 1.54) is 18.5 Å². The second-order valence-corrected chi connectivity index (χ2v) is 8.56. The third-order valence-electron chi connectivity index (χ3n) is 4.84. The van der Waals surface area contributed by atoms with Crippen LogP contribution in [0.25, 0.3) is 22.6 Å². The molecule has 0 unspecified atom stereocenters. The van der Waals surface area contributed by atoms with Crippen molar-refractivity contribution in [2.24, 2.45) is 0 Å². The van der Waals surface area contributed by atoms with Gasteiger partial charge in [-0.1, -0.05) is 36.4 Å². The van der Waals surface area contributed by atoms with Crippen molar-refractivity contribution in [2.45, 2.75) is 26.4 Å². The fourth-order valence-corrected chi connectivity index (χ4v) is 3.31. The number of carbonyl (C=O) groups excluding carboxylic acids is 2. The molecule has 34 heavy (non-hydrogen) atoms. The first-order valence-electron chi connectivity index (χ1n) is 10.5. The molecule has 1 amide bonds. The lowest BCUT2D eigenvalue weighted by molar-refractivity contribution is 0.00708. The second-order valence-electron chi connectivity index (χ2n) is 8.56. The van der Waals surface area contributed by atoms with Crippen LogP contribution in [0.1, 0.15) is 41.5 Å². The summed E-state index contributed by atoms with van der Waals surface area (Å²) in [5.74, 6) is -1.23. The molecule has 4 rings (SSSR count). The quantitative estimate of drug-likeness (QED) is 0.390. The Kier molecular flexibility index (Phi) is 6.14. The van der Waals surface area contributed by atoms with Gasteiger partial charge in [-0.3, -0.25) is 4.79 Å². The first-order chi connectivity index (χ1) is 16.2. The zero-order chi connectivity index (χ0) is 24.3. The number of hydrogen-bond acceptors (Lipinski definition) is 7. The van der Waals surface area contributed by atoms with Crippen LogP contribution in [0.3, 0.4) is 0 Å². The molecule has 0 radical (unpaired) electrons. The van der Waals surface area contributed by atoms with E-state index in [2.05, 4.69) is 15.5 Å². The van der Waals surface area contributed by atoms with E-state index >= 15 is 0 Å². The molecule has 0 fully saturated rings. The summed E-state index contributed by atoms with van der Waals surface area (Å²) in [7, 11) is 0. The number of rotatable bonds is 5. The van der Waals surface area contributed by atoms with Crippen molar-refractivity contribution in [3.8, 4) is 28.3 Å². The molecule has 2 N–H and O–H groups in total. The third-order valence-corrected chi connectivity index (χ3v) is 4.84. The number of anilines is 1. The molecule has 0 aliphatic carbocycles. The summed E-state index contributed by atoms with van der Waals surface area (Å²) < 4.78 is 10.7. The Balaban J connectivity index is 1.72. The Labute approximate surface area is 196 Å². The zero-order valence-corrected chi connectivity index (χ0v) is 18.9. The SMILES string of the molecule is CC(C)(C)OC(=O)c1ccc(-c2ccccc2)cc1NC(=O)c1cc(-c2nnco2)ccc1O. The van der Waals surface area contributed by atoms with E-state index in [0.29, 0.717) is 5.56 Å². The van der Waals surface area contributed by atoms with Gasteiger partial charge in [0.1, 0.15) is 11.4 Å². The summed E-state index contributed by atoms with van der Waals surface area (Å²) in [6.07, 6.45) is 1.17. The average Bonchev–Trinajstić information content (AvgIpc) is 3.33. The summed E-state index contributed by atoms with van der Waals surface area (Å²) >= 11 is 0. The second kappa shape index (κ2) is 9.19. The Bertz CT molecular complexity index is 1330. The highest BCUT2D eigenvalue weighted by Gasteiger charge is 2.23. The summed E-state index contributed by atoms with van der Waals surface area (Å²) in [5, 5.41) is 20.5. The number of hydrogen-bond donors (Lipinski definition) is 2. The Morgan fingerprint density at radius 2 is 1.65 bits per heavy atom. The smallest absolute Gasteiger partial charge is 0.340 e. The van der Waals surface area contributed by atoms with Crippen LogP contribution < -0.4 is 5.32 Å². The summed E-state index contributed by atoms with van der Waals surface area (Å²) in [6, 6.07) is 19.0. The van der Waals surface area contributed by atoms with Crippen LogP contribution in [-0.2, 0) is 4.74 Å². The highest BCUT2D eigenvalue weighted by molar-refractivity contribution is 6.10. The predicted octanol–water partition coefficient (Wildman–Crippen LogP) is 5.32. The van der Waals surface area contributed by atoms with Crippen molar-refractivity contribution in [1.29, 1.82) is 0 Å². The lowest BCUT2D eigenvalue weighted by Crippen LogP contribution is -2.25. The molecule has 1 heterocycles. The van der Waals surface area contributed by atoms with Crippen molar-refractivity contribution in [1.82, 2.24) is 10.2 Å². The molecule has 0 bridgehead atoms. The van der Waals surface area contributed by atoms with Crippen molar-refractivity contribution in [3.05, 3.63) is 84.3 Å². The minimum Gasteiger partial charge on any atom is -0.507 e. The van der Waals surface area contributed by atoms with E-state index in [1.54, 1.807) is 45.0 Å². The molecular weight excluding hydrogens is 434 g/mol. The molecule has 0 spiro atoms. The minimum absolute atomic E-state index is 0.0176. The average molecular weight is 457 g/mol. The van der Waals surface area contributed by atoms with E-state index in [1.807, 2.05) is 30.3 Å². The molecule has 8 heteroatoms. The van der Waals surface area contributed by atoms with Crippen molar-refractivity contribution in [3.63, 3.8) is 0 Å². The summed E-state index contributed by atoms with van der Waals surface area (Å²) in [4.78, 5) is 26.0. The molecule has 0 atom stereocenters. The van der Waals surface area contributed by atoms with Gasteiger partial charge in [0, 0.05) is 5.56 Å². The Hall–Kier alpha value is -4.46. The molecule has 3 aromatic carbocycles. The zero-order valence-electron chi connectivity index (χ0n) is 18.9. The van der Waals surface area contributed by atoms with E-state index in [4.69, 9.17) is 9.15 Å².